The van der Waals surface area contributed by atoms with E-state index in [1.54, 1.807) is 0 Å². The highest BCUT2D eigenvalue weighted by atomic mass is 35.5. The van der Waals surface area contributed by atoms with Crippen LogP contribution in [0, 0.1) is 0 Å². The van der Waals surface area contributed by atoms with Gasteiger partial charge in [-0.3, -0.25) is 4.79 Å². The topological polar surface area (TPSA) is 67.5 Å². The zero-order chi connectivity index (χ0) is 11.5. The molecule has 1 aliphatic heterocycles. The second-order valence-electron chi connectivity index (χ2n) is 3.69. The molecule has 0 aliphatic carbocycles. The number of hydrogen-bond donors (Lipinski definition) is 2. The summed E-state index contributed by atoms with van der Waals surface area (Å²) < 4.78 is 0. The Morgan fingerprint density at radius 2 is 2.25 bits per heavy atom. The van der Waals surface area contributed by atoms with Crippen LogP contribution in [0.4, 0.5) is 0 Å². The van der Waals surface area contributed by atoms with Gasteiger partial charge in [0.25, 0.3) is 5.91 Å². The maximum Gasteiger partial charge on any atom is 0.262 e. The number of rotatable bonds is 3. The van der Waals surface area contributed by atoms with E-state index >= 15 is 0 Å². The number of aryl methyl sites for hydroxylation is 1. The molecule has 1 amide bonds. The standard InChI is InChI=1S/C11H12ClN3O/c12-8-3-1-2-7(6-8)4-5-9-10(13)11(16)15-14-9/h1-3,6,10H,4-5,13H2,(H,15,16). The number of hydrogen-bond acceptors (Lipinski definition) is 3. The van der Waals surface area contributed by atoms with Gasteiger partial charge in [0.15, 0.2) is 0 Å². The number of halogens is 1. The zero-order valence-corrected chi connectivity index (χ0v) is 9.37. The number of benzene rings is 1. The molecule has 1 unspecified atom stereocenters. The number of carbonyl (C=O) groups excluding carboxylic acids is 1. The third-order valence-corrected chi connectivity index (χ3v) is 2.75. The van der Waals surface area contributed by atoms with Crippen molar-refractivity contribution in [1.82, 2.24) is 5.43 Å². The van der Waals surface area contributed by atoms with Crippen LogP contribution in [0.5, 0.6) is 0 Å². The molecule has 0 fully saturated rings. The van der Waals surface area contributed by atoms with Gasteiger partial charge in [0.05, 0.1) is 5.71 Å². The first-order chi connectivity index (χ1) is 7.66. The van der Waals surface area contributed by atoms with Gasteiger partial charge in [0.2, 0.25) is 0 Å². The molecule has 84 valence electrons. The average Bonchev–Trinajstić information content (AvgIpc) is 2.57. The fourth-order valence-corrected chi connectivity index (χ4v) is 1.81. The third-order valence-electron chi connectivity index (χ3n) is 2.51. The van der Waals surface area contributed by atoms with E-state index in [-0.39, 0.29) is 5.91 Å². The highest BCUT2D eigenvalue weighted by molar-refractivity contribution is 6.30. The Labute approximate surface area is 98.5 Å². The lowest BCUT2D eigenvalue weighted by Crippen LogP contribution is -2.37. The van der Waals surface area contributed by atoms with Crippen molar-refractivity contribution in [2.75, 3.05) is 0 Å². The first-order valence-corrected chi connectivity index (χ1v) is 5.41. The van der Waals surface area contributed by atoms with E-state index in [9.17, 15) is 4.79 Å². The van der Waals surface area contributed by atoms with E-state index in [1.165, 1.54) is 0 Å². The van der Waals surface area contributed by atoms with Gasteiger partial charge < -0.3 is 5.73 Å². The highest BCUT2D eigenvalue weighted by Gasteiger charge is 2.25. The van der Waals surface area contributed by atoms with Crippen molar-refractivity contribution in [3.63, 3.8) is 0 Å². The lowest BCUT2D eigenvalue weighted by Gasteiger charge is -2.04. The number of nitrogens with one attached hydrogen (secondary N) is 1. The van der Waals surface area contributed by atoms with Gasteiger partial charge in [-0.05, 0) is 30.5 Å². The molecule has 1 aromatic carbocycles. The summed E-state index contributed by atoms with van der Waals surface area (Å²) in [5.41, 5.74) is 9.82. The second-order valence-corrected chi connectivity index (χ2v) is 4.12. The normalized spacial score (nSPS) is 19.5. The quantitative estimate of drug-likeness (QED) is 0.826. The van der Waals surface area contributed by atoms with Crippen molar-refractivity contribution in [3.8, 4) is 0 Å². The number of hydrazone groups is 1. The van der Waals surface area contributed by atoms with E-state index in [1.807, 2.05) is 24.3 Å². The fourth-order valence-electron chi connectivity index (χ4n) is 1.59. The van der Waals surface area contributed by atoms with Crippen LogP contribution in [0.2, 0.25) is 5.02 Å². The van der Waals surface area contributed by atoms with Crippen molar-refractivity contribution >= 4 is 23.2 Å². The highest BCUT2D eigenvalue weighted by Crippen LogP contribution is 2.13. The average molecular weight is 238 g/mol. The number of amides is 1. The molecule has 2 rings (SSSR count). The van der Waals surface area contributed by atoms with Crippen LogP contribution in [0.1, 0.15) is 12.0 Å². The van der Waals surface area contributed by atoms with Crippen LogP contribution in [-0.4, -0.2) is 17.7 Å². The van der Waals surface area contributed by atoms with E-state index in [4.69, 9.17) is 17.3 Å². The molecule has 1 aromatic rings. The van der Waals surface area contributed by atoms with Crippen LogP contribution >= 0.6 is 11.6 Å². The third kappa shape index (κ3) is 2.40. The summed E-state index contributed by atoms with van der Waals surface area (Å²) in [4.78, 5) is 11.1. The minimum absolute atomic E-state index is 0.235. The van der Waals surface area contributed by atoms with Crippen molar-refractivity contribution in [1.29, 1.82) is 0 Å². The minimum atomic E-state index is -0.598. The summed E-state index contributed by atoms with van der Waals surface area (Å²) in [6.07, 6.45) is 1.45. The first kappa shape index (κ1) is 11.1. The van der Waals surface area contributed by atoms with Gasteiger partial charge in [-0.25, -0.2) is 5.43 Å². The molecule has 3 N–H and O–H groups in total. The van der Waals surface area contributed by atoms with Crippen LogP contribution in [-0.2, 0) is 11.2 Å². The van der Waals surface area contributed by atoms with Gasteiger partial charge in [-0.15, -0.1) is 0 Å². The summed E-state index contributed by atoms with van der Waals surface area (Å²) in [5, 5.41) is 4.61. The van der Waals surface area contributed by atoms with E-state index in [0.29, 0.717) is 17.2 Å². The molecule has 4 nitrogen and oxygen atoms in total. The number of nitrogens with two attached hydrogens (primary N) is 1. The molecule has 0 saturated carbocycles. The van der Waals surface area contributed by atoms with Crippen LogP contribution in [0.3, 0.4) is 0 Å². The smallest absolute Gasteiger partial charge is 0.262 e. The van der Waals surface area contributed by atoms with Crippen LogP contribution in [0.15, 0.2) is 29.4 Å². The molecular weight excluding hydrogens is 226 g/mol. The first-order valence-electron chi connectivity index (χ1n) is 5.03. The maximum atomic E-state index is 11.1. The Morgan fingerprint density at radius 3 is 2.88 bits per heavy atom. The molecular formula is C11H12ClN3O. The molecule has 0 radical (unpaired) electrons. The molecule has 1 heterocycles. The molecule has 1 atom stereocenters. The lowest BCUT2D eigenvalue weighted by molar-refractivity contribution is -0.120. The molecule has 5 heteroatoms. The van der Waals surface area contributed by atoms with Crippen LogP contribution in [0.25, 0.3) is 0 Å². The zero-order valence-electron chi connectivity index (χ0n) is 8.61. The Morgan fingerprint density at radius 1 is 1.44 bits per heavy atom. The summed E-state index contributed by atoms with van der Waals surface area (Å²) in [7, 11) is 0. The molecule has 0 spiro atoms. The Balaban J connectivity index is 1.96. The summed E-state index contributed by atoms with van der Waals surface area (Å²) in [5.74, 6) is -0.235. The molecule has 0 aromatic heterocycles. The van der Waals surface area contributed by atoms with Crippen LogP contribution < -0.4 is 11.2 Å². The van der Waals surface area contributed by atoms with E-state index in [0.717, 1.165) is 12.0 Å². The van der Waals surface area contributed by atoms with E-state index < -0.39 is 6.04 Å². The molecule has 0 bridgehead atoms. The van der Waals surface area contributed by atoms with Gasteiger partial charge in [-0.1, -0.05) is 23.7 Å². The fraction of sp³-hybridized carbons (Fsp3) is 0.273. The van der Waals surface area contributed by atoms with E-state index in [2.05, 4.69) is 10.5 Å². The molecule has 0 saturated heterocycles. The van der Waals surface area contributed by atoms with Gasteiger partial charge in [-0.2, -0.15) is 5.10 Å². The van der Waals surface area contributed by atoms with Crippen molar-refractivity contribution in [2.24, 2.45) is 10.8 Å². The summed E-state index contributed by atoms with van der Waals surface area (Å²) in [6.45, 7) is 0. The maximum absolute atomic E-state index is 11.1. The second kappa shape index (κ2) is 4.63. The van der Waals surface area contributed by atoms with Crippen molar-refractivity contribution in [3.05, 3.63) is 34.9 Å². The Hall–Kier alpha value is -1.39. The largest absolute Gasteiger partial charge is 0.315 e. The Bertz CT molecular complexity index is 445. The summed E-state index contributed by atoms with van der Waals surface area (Å²) in [6, 6.07) is 7.02. The number of nitrogens with zero attached hydrogens (tertiary/aromatic N) is 1. The molecule has 16 heavy (non-hydrogen) atoms. The lowest BCUT2D eigenvalue weighted by atomic mass is 10.0. The van der Waals surface area contributed by atoms with Gasteiger partial charge in [0, 0.05) is 5.02 Å². The van der Waals surface area contributed by atoms with Crippen molar-refractivity contribution < 1.29 is 4.79 Å². The monoisotopic (exact) mass is 237 g/mol. The minimum Gasteiger partial charge on any atom is -0.315 e. The summed E-state index contributed by atoms with van der Waals surface area (Å²) >= 11 is 5.87. The Kier molecular flexibility index (Phi) is 3.22. The van der Waals surface area contributed by atoms with Gasteiger partial charge >= 0.3 is 0 Å². The predicted molar refractivity (Wildman–Crippen MR) is 63.3 cm³/mol. The number of carbonyl (C=O) groups is 1. The molecule has 1 aliphatic rings. The van der Waals surface area contributed by atoms with Crippen molar-refractivity contribution in [2.45, 2.75) is 18.9 Å². The SMILES string of the molecule is NC1C(=O)NN=C1CCc1cccc(Cl)c1. The van der Waals surface area contributed by atoms with Gasteiger partial charge in [0.1, 0.15) is 6.04 Å². The predicted octanol–water partition coefficient (Wildman–Crippen LogP) is 1.09.